The van der Waals surface area contributed by atoms with E-state index in [2.05, 4.69) is 0 Å². The Morgan fingerprint density at radius 1 is 1.58 bits per heavy atom. The van der Waals surface area contributed by atoms with E-state index in [0.29, 0.717) is 0 Å². The van der Waals surface area contributed by atoms with E-state index in [1.165, 1.54) is 0 Å². The summed E-state index contributed by atoms with van der Waals surface area (Å²) in [6, 6.07) is 0. The zero-order valence-electron chi connectivity index (χ0n) is 7.48. The molecule has 0 heterocycles. The Kier molecular flexibility index (Phi) is 3.80. The largest absolute Gasteiger partial charge is 0.295 e. The topological polar surface area (TPSA) is 17.1 Å². The first-order valence-electron chi connectivity index (χ1n) is 4.54. The number of hydrogen-bond acceptors (Lipinski definition) is 1. The smallest absolute Gasteiger partial charge is 0.155 e. The highest BCUT2D eigenvalue weighted by Crippen LogP contribution is 2.20. The molecule has 1 atom stereocenters. The fourth-order valence-corrected chi connectivity index (χ4v) is 1.73. The quantitative estimate of drug-likeness (QED) is 0.576. The second kappa shape index (κ2) is 4.66. The highest BCUT2D eigenvalue weighted by molar-refractivity contribution is 6.20. The molecule has 0 saturated carbocycles. The number of Topliss-reactive ketones (excluding diaryl/α,β-unsaturated/α-hetero) is 1. The van der Waals surface area contributed by atoms with Crippen LogP contribution in [-0.2, 0) is 4.79 Å². The second-order valence-electron chi connectivity index (χ2n) is 3.36. The average molecular weight is 187 g/mol. The molecule has 1 aliphatic rings. The molecule has 0 aromatic heterocycles. The molecular formula is C10H15ClO. The lowest BCUT2D eigenvalue weighted by atomic mass is 9.98. The van der Waals surface area contributed by atoms with E-state index in [4.69, 9.17) is 11.6 Å². The van der Waals surface area contributed by atoms with Crippen molar-refractivity contribution >= 4 is 17.4 Å². The zero-order chi connectivity index (χ0) is 8.97. The summed E-state index contributed by atoms with van der Waals surface area (Å²) >= 11 is 6.01. The van der Waals surface area contributed by atoms with E-state index in [0.717, 1.165) is 37.7 Å². The molecule has 0 fully saturated rings. The fourth-order valence-electron chi connectivity index (χ4n) is 1.49. The van der Waals surface area contributed by atoms with Gasteiger partial charge >= 0.3 is 0 Å². The van der Waals surface area contributed by atoms with Crippen molar-refractivity contribution in [2.75, 3.05) is 0 Å². The van der Waals surface area contributed by atoms with Crippen LogP contribution in [0.3, 0.4) is 0 Å². The molecule has 1 nitrogen and oxygen atoms in total. The SMILES string of the molecule is CC(=O)/C1=C/CC(Cl)CCCC1. The first-order valence-corrected chi connectivity index (χ1v) is 4.98. The molecule has 0 bridgehead atoms. The normalized spacial score (nSPS) is 29.8. The van der Waals surface area contributed by atoms with Crippen LogP contribution in [0.2, 0.25) is 0 Å². The van der Waals surface area contributed by atoms with Gasteiger partial charge in [0.25, 0.3) is 0 Å². The summed E-state index contributed by atoms with van der Waals surface area (Å²) in [7, 11) is 0. The number of hydrogen-bond donors (Lipinski definition) is 0. The summed E-state index contributed by atoms with van der Waals surface area (Å²) < 4.78 is 0. The summed E-state index contributed by atoms with van der Waals surface area (Å²) in [5.41, 5.74) is 0.973. The summed E-state index contributed by atoms with van der Waals surface area (Å²) in [5, 5.41) is 0.236. The highest BCUT2D eigenvalue weighted by Gasteiger charge is 2.10. The molecular weight excluding hydrogens is 172 g/mol. The number of halogens is 1. The summed E-state index contributed by atoms with van der Waals surface area (Å²) in [6.45, 7) is 1.64. The van der Waals surface area contributed by atoms with E-state index in [9.17, 15) is 4.79 Å². The van der Waals surface area contributed by atoms with E-state index < -0.39 is 0 Å². The molecule has 0 aromatic carbocycles. The van der Waals surface area contributed by atoms with Gasteiger partial charge in [-0.05, 0) is 38.2 Å². The number of carbonyl (C=O) groups is 1. The summed E-state index contributed by atoms with van der Waals surface area (Å²) in [5.74, 6) is 0.209. The first kappa shape index (κ1) is 9.79. The van der Waals surface area contributed by atoms with Gasteiger partial charge in [0, 0.05) is 5.38 Å². The number of carbonyl (C=O) groups excluding carboxylic acids is 1. The van der Waals surface area contributed by atoms with Crippen molar-refractivity contribution in [2.24, 2.45) is 0 Å². The van der Waals surface area contributed by atoms with Gasteiger partial charge in [-0.2, -0.15) is 0 Å². The van der Waals surface area contributed by atoms with Crippen molar-refractivity contribution in [1.29, 1.82) is 0 Å². The van der Waals surface area contributed by atoms with Gasteiger partial charge in [0.15, 0.2) is 5.78 Å². The highest BCUT2D eigenvalue weighted by atomic mass is 35.5. The maximum Gasteiger partial charge on any atom is 0.155 e. The molecule has 0 spiro atoms. The predicted molar refractivity (Wildman–Crippen MR) is 51.5 cm³/mol. The van der Waals surface area contributed by atoms with Crippen molar-refractivity contribution in [1.82, 2.24) is 0 Å². The third-order valence-corrected chi connectivity index (χ3v) is 2.68. The Labute approximate surface area is 78.8 Å². The van der Waals surface area contributed by atoms with Crippen LogP contribution in [0.1, 0.15) is 39.0 Å². The minimum Gasteiger partial charge on any atom is -0.295 e. The molecule has 0 saturated heterocycles. The Morgan fingerprint density at radius 3 is 3.00 bits per heavy atom. The van der Waals surface area contributed by atoms with Crippen molar-refractivity contribution < 1.29 is 4.79 Å². The molecule has 68 valence electrons. The third-order valence-electron chi connectivity index (χ3n) is 2.29. The molecule has 0 radical (unpaired) electrons. The Morgan fingerprint density at radius 2 is 2.33 bits per heavy atom. The molecule has 1 unspecified atom stereocenters. The lowest BCUT2D eigenvalue weighted by molar-refractivity contribution is -0.113. The van der Waals surface area contributed by atoms with E-state index in [1.54, 1.807) is 6.92 Å². The van der Waals surface area contributed by atoms with Crippen LogP contribution in [0.5, 0.6) is 0 Å². The van der Waals surface area contributed by atoms with Gasteiger partial charge in [0.2, 0.25) is 0 Å². The summed E-state index contributed by atoms with van der Waals surface area (Å²) in [6.07, 6.45) is 7.16. The Bertz CT molecular complexity index is 196. The maximum absolute atomic E-state index is 11.1. The van der Waals surface area contributed by atoms with Crippen LogP contribution in [-0.4, -0.2) is 11.2 Å². The Hall–Kier alpha value is -0.300. The van der Waals surface area contributed by atoms with Crippen LogP contribution < -0.4 is 0 Å². The van der Waals surface area contributed by atoms with Crippen molar-refractivity contribution in [3.8, 4) is 0 Å². The number of alkyl halides is 1. The van der Waals surface area contributed by atoms with E-state index >= 15 is 0 Å². The van der Waals surface area contributed by atoms with Gasteiger partial charge in [-0.25, -0.2) is 0 Å². The van der Waals surface area contributed by atoms with Crippen molar-refractivity contribution in [3.05, 3.63) is 11.6 Å². The lowest BCUT2D eigenvalue weighted by Gasteiger charge is -2.12. The van der Waals surface area contributed by atoms with Gasteiger partial charge in [-0.15, -0.1) is 11.6 Å². The van der Waals surface area contributed by atoms with Gasteiger partial charge in [0.1, 0.15) is 0 Å². The third kappa shape index (κ3) is 2.98. The molecule has 12 heavy (non-hydrogen) atoms. The van der Waals surface area contributed by atoms with Gasteiger partial charge in [-0.1, -0.05) is 12.5 Å². The number of allylic oxidation sites excluding steroid dienone is 2. The van der Waals surface area contributed by atoms with Crippen LogP contribution in [0.4, 0.5) is 0 Å². The van der Waals surface area contributed by atoms with E-state index in [-0.39, 0.29) is 11.2 Å². The molecule has 0 aliphatic heterocycles. The van der Waals surface area contributed by atoms with Gasteiger partial charge < -0.3 is 0 Å². The standard InChI is InChI=1S/C10H15ClO/c1-8(12)9-4-2-3-5-10(11)7-6-9/h6,10H,2-5,7H2,1H3/b9-6+. The molecule has 0 N–H and O–H groups in total. The zero-order valence-corrected chi connectivity index (χ0v) is 8.23. The maximum atomic E-state index is 11.1. The molecule has 0 aromatic rings. The monoisotopic (exact) mass is 186 g/mol. The second-order valence-corrected chi connectivity index (χ2v) is 3.98. The van der Waals surface area contributed by atoms with Crippen LogP contribution in [0.25, 0.3) is 0 Å². The van der Waals surface area contributed by atoms with Gasteiger partial charge in [0.05, 0.1) is 0 Å². The van der Waals surface area contributed by atoms with Crippen LogP contribution in [0, 0.1) is 0 Å². The fraction of sp³-hybridized carbons (Fsp3) is 0.700. The predicted octanol–water partition coefficient (Wildman–Crippen LogP) is 3.07. The van der Waals surface area contributed by atoms with Gasteiger partial charge in [-0.3, -0.25) is 4.79 Å². The molecule has 2 heteroatoms. The lowest BCUT2D eigenvalue weighted by Crippen LogP contribution is -2.04. The van der Waals surface area contributed by atoms with Crippen LogP contribution >= 0.6 is 11.6 Å². The Balaban J connectivity index is 2.59. The average Bonchev–Trinajstić information content (AvgIpc) is 1.97. The van der Waals surface area contributed by atoms with Crippen LogP contribution in [0.15, 0.2) is 11.6 Å². The van der Waals surface area contributed by atoms with E-state index in [1.807, 2.05) is 6.08 Å². The minimum atomic E-state index is 0.209. The molecule has 0 amide bonds. The summed E-state index contributed by atoms with van der Waals surface area (Å²) in [4.78, 5) is 11.1. The van der Waals surface area contributed by atoms with Crippen molar-refractivity contribution in [3.63, 3.8) is 0 Å². The molecule has 1 aliphatic carbocycles. The number of ketones is 1. The number of rotatable bonds is 1. The molecule has 1 rings (SSSR count). The van der Waals surface area contributed by atoms with Crippen molar-refractivity contribution in [2.45, 2.75) is 44.4 Å². The minimum absolute atomic E-state index is 0.209. The first-order chi connectivity index (χ1) is 5.70.